The Morgan fingerprint density at radius 2 is 1.21 bits per heavy atom. The fourth-order valence-corrected chi connectivity index (χ4v) is 7.27. The van der Waals surface area contributed by atoms with E-state index in [1.165, 1.54) is 10.8 Å². The van der Waals surface area contributed by atoms with Gasteiger partial charge in [0.1, 0.15) is 28.4 Å². The van der Waals surface area contributed by atoms with Crippen LogP contribution in [0.1, 0.15) is 0 Å². The fraction of sp³-hybridized carbons (Fsp3) is 0. The van der Waals surface area contributed by atoms with Crippen molar-refractivity contribution in [3.8, 4) is 45.2 Å². The number of para-hydroxylation sites is 5. The monoisotopic (exact) mass is 602 g/mol. The minimum absolute atomic E-state index is 0.215. The second-order valence-electron chi connectivity index (χ2n) is 12.1. The predicted molar refractivity (Wildman–Crippen MR) is 192 cm³/mol. The van der Waals surface area contributed by atoms with Crippen molar-refractivity contribution in [1.29, 1.82) is 0 Å². The number of aromatic hydroxyl groups is 1. The van der Waals surface area contributed by atoms with E-state index >= 15 is 0 Å². The Balaban J connectivity index is 1.16. The molecule has 9 aromatic rings. The SMILES string of the molecule is Oc1ccccc1-c1cc(-c2cccc3c2oc2ccccc23)cc2c1[B]c1cc(-n3c4ccccc4c4ccccc43)ccc1O2. The van der Waals surface area contributed by atoms with E-state index in [-0.39, 0.29) is 5.75 Å². The smallest absolute Gasteiger partial charge is 0.202 e. The maximum atomic E-state index is 11.1. The predicted octanol–water partition coefficient (Wildman–Crippen LogP) is 9.48. The Hall–Kier alpha value is -6.20. The van der Waals surface area contributed by atoms with Gasteiger partial charge in [0, 0.05) is 38.4 Å². The van der Waals surface area contributed by atoms with E-state index in [0.29, 0.717) is 0 Å². The van der Waals surface area contributed by atoms with Crippen molar-refractivity contribution in [2.45, 2.75) is 0 Å². The highest BCUT2D eigenvalue weighted by Gasteiger charge is 2.26. The van der Waals surface area contributed by atoms with Crippen molar-refractivity contribution in [1.82, 2.24) is 4.57 Å². The first kappa shape index (κ1) is 26.1. The number of hydrogen-bond acceptors (Lipinski definition) is 3. The van der Waals surface area contributed by atoms with Gasteiger partial charge < -0.3 is 18.8 Å². The summed E-state index contributed by atoms with van der Waals surface area (Å²) >= 11 is 0. The first-order valence-electron chi connectivity index (χ1n) is 15.7. The lowest BCUT2D eigenvalue weighted by atomic mass is 9.59. The van der Waals surface area contributed by atoms with Gasteiger partial charge in [0.2, 0.25) is 7.28 Å². The van der Waals surface area contributed by atoms with Crippen LogP contribution in [0.15, 0.2) is 150 Å². The third kappa shape index (κ3) is 3.90. The molecule has 0 unspecified atom stereocenters. The second-order valence-corrected chi connectivity index (χ2v) is 12.1. The van der Waals surface area contributed by atoms with E-state index in [4.69, 9.17) is 9.15 Å². The number of hydrogen-bond donors (Lipinski definition) is 1. The van der Waals surface area contributed by atoms with Crippen LogP contribution >= 0.6 is 0 Å². The zero-order chi connectivity index (χ0) is 31.1. The van der Waals surface area contributed by atoms with Crippen molar-refractivity contribution < 1.29 is 14.3 Å². The maximum Gasteiger partial charge on any atom is 0.202 e. The summed E-state index contributed by atoms with van der Waals surface area (Å²) < 4.78 is 15.4. The molecule has 0 fully saturated rings. The number of phenols is 1. The van der Waals surface area contributed by atoms with Crippen LogP contribution < -0.4 is 15.7 Å². The number of benzene rings is 7. The molecule has 1 aliphatic heterocycles. The van der Waals surface area contributed by atoms with Gasteiger partial charge in [-0.2, -0.15) is 0 Å². The van der Waals surface area contributed by atoms with Crippen LogP contribution in [0.25, 0.3) is 71.7 Å². The topological polar surface area (TPSA) is 47.5 Å². The van der Waals surface area contributed by atoms with Gasteiger partial charge in [-0.25, -0.2) is 0 Å². The van der Waals surface area contributed by atoms with E-state index in [1.807, 2.05) is 36.4 Å². The third-order valence-electron chi connectivity index (χ3n) is 9.40. The Morgan fingerprint density at radius 1 is 0.532 bits per heavy atom. The molecule has 4 nitrogen and oxygen atoms in total. The minimum Gasteiger partial charge on any atom is -0.507 e. The molecule has 7 aromatic carbocycles. The summed E-state index contributed by atoms with van der Waals surface area (Å²) in [5, 5.41) is 15.7. The maximum absolute atomic E-state index is 11.1. The first-order chi connectivity index (χ1) is 23.2. The molecular weight excluding hydrogens is 577 g/mol. The van der Waals surface area contributed by atoms with Crippen molar-refractivity contribution in [3.05, 3.63) is 146 Å². The van der Waals surface area contributed by atoms with Crippen LogP contribution in [0.5, 0.6) is 17.2 Å². The lowest BCUT2D eigenvalue weighted by molar-refractivity contribution is 0.477. The number of nitrogens with zero attached hydrogens (tertiary/aromatic N) is 1. The van der Waals surface area contributed by atoms with Crippen LogP contribution in [-0.4, -0.2) is 17.0 Å². The van der Waals surface area contributed by atoms with Crippen molar-refractivity contribution in [2.75, 3.05) is 0 Å². The molecule has 3 heterocycles. The molecule has 0 saturated heterocycles. The zero-order valence-corrected chi connectivity index (χ0v) is 25.1. The molecule has 5 heteroatoms. The van der Waals surface area contributed by atoms with Gasteiger partial charge in [-0.1, -0.05) is 91.0 Å². The van der Waals surface area contributed by atoms with E-state index in [0.717, 1.165) is 83.3 Å². The molecule has 1 aliphatic rings. The Morgan fingerprint density at radius 3 is 2.02 bits per heavy atom. The molecule has 1 N–H and O–H groups in total. The summed E-state index contributed by atoms with van der Waals surface area (Å²) in [6.07, 6.45) is 0. The van der Waals surface area contributed by atoms with Gasteiger partial charge in [-0.15, -0.1) is 0 Å². The number of ether oxygens (including phenoxy) is 1. The average Bonchev–Trinajstić information content (AvgIpc) is 3.66. The third-order valence-corrected chi connectivity index (χ3v) is 9.40. The molecule has 0 saturated carbocycles. The van der Waals surface area contributed by atoms with E-state index in [2.05, 4.69) is 115 Å². The number of fused-ring (bicyclic) bond motifs is 8. The highest BCUT2D eigenvalue weighted by atomic mass is 16.5. The lowest BCUT2D eigenvalue weighted by Crippen LogP contribution is -2.35. The summed E-state index contributed by atoms with van der Waals surface area (Å²) in [6, 6.07) is 49.5. The summed E-state index contributed by atoms with van der Waals surface area (Å²) in [6.45, 7) is 0. The lowest BCUT2D eigenvalue weighted by Gasteiger charge is -2.25. The van der Waals surface area contributed by atoms with Crippen LogP contribution in [0, 0.1) is 0 Å². The molecule has 1 radical (unpaired) electrons. The zero-order valence-electron chi connectivity index (χ0n) is 25.1. The summed E-state index contributed by atoms with van der Waals surface area (Å²) in [7, 11) is 2.18. The van der Waals surface area contributed by atoms with Crippen LogP contribution in [0.4, 0.5) is 0 Å². The molecule has 10 rings (SSSR count). The Bertz CT molecular complexity index is 2670. The molecule has 0 aliphatic carbocycles. The first-order valence-corrected chi connectivity index (χ1v) is 15.7. The van der Waals surface area contributed by atoms with Crippen LogP contribution in [0.2, 0.25) is 0 Å². The van der Waals surface area contributed by atoms with Gasteiger partial charge in [-0.3, -0.25) is 0 Å². The average molecular weight is 602 g/mol. The van der Waals surface area contributed by atoms with Gasteiger partial charge in [0.25, 0.3) is 0 Å². The summed E-state index contributed by atoms with van der Waals surface area (Å²) in [5.41, 5.74) is 10.5. The minimum atomic E-state index is 0.215. The molecule has 0 atom stereocenters. The van der Waals surface area contributed by atoms with Gasteiger partial charge in [0.15, 0.2) is 0 Å². The van der Waals surface area contributed by atoms with Crippen LogP contribution in [-0.2, 0) is 0 Å². The van der Waals surface area contributed by atoms with E-state index in [9.17, 15) is 5.11 Å². The van der Waals surface area contributed by atoms with E-state index < -0.39 is 0 Å². The summed E-state index contributed by atoms with van der Waals surface area (Å²) in [5.74, 6) is 1.72. The number of phenolic OH excluding ortho intramolecular Hbond substituents is 1. The molecule has 47 heavy (non-hydrogen) atoms. The fourth-order valence-electron chi connectivity index (χ4n) is 7.27. The second kappa shape index (κ2) is 9.90. The van der Waals surface area contributed by atoms with Crippen molar-refractivity contribution >= 4 is 61.9 Å². The largest absolute Gasteiger partial charge is 0.507 e. The highest BCUT2D eigenvalue weighted by molar-refractivity contribution is 6.71. The molecule has 0 amide bonds. The Kier molecular flexibility index (Phi) is 5.49. The number of rotatable bonds is 3. The normalized spacial score (nSPS) is 12.3. The Labute approximate surface area is 270 Å². The van der Waals surface area contributed by atoms with Crippen LogP contribution in [0.3, 0.4) is 0 Å². The molecular formula is C42H25BNO3. The van der Waals surface area contributed by atoms with Gasteiger partial charge in [0.05, 0.1) is 11.0 Å². The van der Waals surface area contributed by atoms with Gasteiger partial charge in [-0.05, 0) is 76.6 Å². The molecule has 0 bridgehead atoms. The standard InChI is InChI=1S/C42H25BNO3/c45-37-18-7-3-12-30(37)33-22-25(27-14-9-15-32-31-13-4-8-19-38(31)47-42(27)32)23-40-41(33)43-34-24-26(20-21-39(34)46-40)44-35-16-5-1-10-28(35)29-11-2-6-17-36(29)44/h1-24,45H. The molecule has 2 aromatic heterocycles. The van der Waals surface area contributed by atoms with E-state index in [1.54, 1.807) is 6.07 Å². The number of aromatic nitrogens is 1. The molecule has 0 spiro atoms. The highest BCUT2D eigenvalue weighted by Crippen LogP contribution is 2.41. The quantitative estimate of drug-likeness (QED) is 0.205. The van der Waals surface area contributed by atoms with Gasteiger partial charge >= 0.3 is 0 Å². The number of furan rings is 1. The van der Waals surface area contributed by atoms with Crippen molar-refractivity contribution in [3.63, 3.8) is 0 Å². The summed E-state index contributed by atoms with van der Waals surface area (Å²) in [4.78, 5) is 0. The molecule has 219 valence electrons. The van der Waals surface area contributed by atoms with Crippen molar-refractivity contribution in [2.24, 2.45) is 0 Å².